The Bertz CT molecular complexity index is 676. The first kappa shape index (κ1) is 16.8. The molecule has 2 rings (SSSR count). The molecule has 0 atom stereocenters. The first-order chi connectivity index (χ1) is 10.1. The predicted molar refractivity (Wildman–Crippen MR) is 70.0 cm³/mol. The molecule has 0 aliphatic heterocycles. The minimum Gasteiger partial charge on any atom is -0.415 e. The van der Waals surface area contributed by atoms with Gasteiger partial charge in [0, 0.05) is 11.8 Å². The summed E-state index contributed by atoms with van der Waals surface area (Å²) >= 11 is 11.7. The second-order valence-corrected chi connectivity index (χ2v) is 5.01. The third kappa shape index (κ3) is 3.44. The lowest BCUT2D eigenvalue weighted by molar-refractivity contribution is -0.137. The Hall–Kier alpha value is -1.54. The van der Waals surface area contributed by atoms with Crippen molar-refractivity contribution < 1.29 is 26.7 Å². The maximum absolute atomic E-state index is 12.7. The van der Waals surface area contributed by atoms with Gasteiger partial charge in [-0.25, -0.2) is 4.68 Å². The molecule has 2 aromatic rings. The van der Waals surface area contributed by atoms with E-state index in [4.69, 9.17) is 23.2 Å². The number of nitrogens with zero attached hydrogens (tertiary/aromatic N) is 2. The smallest absolute Gasteiger partial charge is 0.415 e. The molecule has 1 aromatic carbocycles. The van der Waals surface area contributed by atoms with E-state index in [-0.39, 0.29) is 15.7 Å². The van der Waals surface area contributed by atoms with Gasteiger partial charge in [-0.05, 0) is 19.1 Å². The molecule has 1 heterocycles. The SMILES string of the molecule is Cc1cc(OC(F)F)nn1-c1c(Cl)cc(C(F)(F)F)cc1Cl. The van der Waals surface area contributed by atoms with Crippen molar-refractivity contribution in [3.8, 4) is 11.6 Å². The number of benzene rings is 1. The molecule has 0 unspecified atom stereocenters. The number of rotatable bonds is 3. The number of hydrogen-bond donors (Lipinski definition) is 0. The molecule has 0 bridgehead atoms. The fourth-order valence-corrected chi connectivity index (χ4v) is 2.40. The molecule has 0 radical (unpaired) electrons. The van der Waals surface area contributed by atoms with Gasteiger partial charge in [0.1, 0.15) is 5.69 Å². The van der Waals surface area contributed by atoms with E-state index in [1.807, 2.05) is 0 Å². The Morgan fingerprint density at radius 2 is 1.68 bits per heavy atom. The number of aromatic nitrogens is 2. The molecule has 1 aromatic heterocycles. The molecular weight excluding hydrogens is 354 g/mol. The molecule has 0 spiro atoms. The first-order valence-corrected chi connectivity index (χ1v) is 6.43. The van der Waals surface area contributed by atoms with Crippen LogP contribution in [0.2, 0.25) is 10.0 Å². The van der Waals surface area contributed by atoms with Gasteiger partial charge in [-0.3, -0.25) is 0 Å². The third-order valence-electron chi connectivity index (χ3n) is 2.63. The van der Waals surface area contributed by atoms with Crippen LogP contribution in [0.25, 0.3) is 5.69 Å². The van der Waals surface area contributed by atoms with Crippen molar-refractivity contribution in [2.45, 2.75) is 19.7 Å². The molecular formula is C12H7Cl2F5N2O. The Kier molecular flexibility index (Phi) is 4.53. The van der Waals surface area contributed by atoms with E-state index in [9.17, 15) is 22.0 Å². The summed E-state index contributed by atoms with van der Waals surface area (Å²) in [5.74, 6) is -0.403. The monoisotopic (exact) mass is 360 g/mol. The van der Waals surface area contributed by atoms with Gasteiger partial charge >= 0.3 is 12.8 Å². The average molecular weight is 361 g/mol. The van der Waals surface area contributed by atoms with Crippen LogP contribution in [0.3, 0.4) is 0 Å². The summed E-state index contributed by atoms with van der Waals surface area (Å²) in [6, 6.07) is 2.53. The van der Waals surface area contributed by atoms with E-state index in [1.165, 1.54) is 13.0 Å². The van der Waals surface area contributed by atoms with Crippen LogP contribution >= 0.6 is 23.2 Å². The second-order valence-electron chi connectivity index (χ2n) is 4.20. The lowest BCUT2D eigenvalue weighted by atomic mass is 10.2. The van der Waals surface area contributed by atoms with Crippen molar-refractivity contribution in [2.75, 3.05) is 0 Å². The molecule has 0 aliphatic carbocycles. The van der Waals surface area contributed by atoms with E-state index in [0.29, 0.717) is 17.8 Å². The molecule has 0 saturated carbocycles. The summed E-state index contributed by atoms with van der Waals surface area (Å²) < 4.78 is 67.5. The van der Waals surface area contributed by atoms with Crippen LogP contribution in [0, 0.1) is 6.92 Å². The van der Waals surface area contributed by atoms with Crippen LogP contribution in [-0.2, 0) is 6.18 Å². The van der Waals surface area contributed by atoms with Gasteiger partial charge in [-0.2, -0.15) is 22.0 Å². The van der Waals surface area contributed by atoms with Crippen molar-refractivity contribution >= 4 is 23.2 Å². The topological polar surface area (TPSA) is 27.1 Å². The summed E-state index contributed by atoms with van der Waals surface area (Å²) in [5.41, 5.74) is -0.780. The highest BCUT2D eigenvalue weighted by molar-refractivity contribution is 6.37. The first-order valence-electron chi connectivity index (χ1n) is 5.67. The quantitative estimate of drug-likeness (QED) is 0.711. The zero-order valence-corrected chi connectivity index (χ0v) is 12.3. The van der Waals surface area contributed by atoms with Crippen molar-refractivity contribution in [1.29, 1.82) is 0 Å². The highest BCUT2D eigenvalue weighted by Crippen LogP contribution is 2.38. The van der Waals surface area contributed by atoms with Crippen LogP contribution in [0.4, 0.5) is 22.0 Å². The van der Waals surface area contributed by atoms with Crippen LogP contribution < -0.4 is 4.74 Å². The van der Waals surface area contributed by atoms with Gasteiger partial charge in [0.15, 0.2) is 0 Å². The summed E-state index contributed by atoms with van der Waals surface area (Å²) in [6.07, 6.45) is -4.62. The number of alkyl halides is 5. The van der Waals surface area contributed by atoms with Gasteiger partial charge in [0.05, 0.1) is 15.6 Å². The number of hydrogen-bond acceptors (Lipinski definition) is 2. The van der Waals surface area contributed by atoms with Gasteiger partial charge in [-0.15, -0.1) is 5.10 Å². The molecule has 10 heteroatoms. The summed E-state index contributed by atoms with van der Waals surface area (Å²) in [6.45, 7) is -1.60. The molecule has 120 valence electrons. The number of ether oxygens (including phenoxy) is 1. The van der Waals surface area contributed by atoms with Gasteiger partial charge < -0.3 is 4.74 Å². The molecule has 0 aliphatic rings. The average Bonchev–Trinajstić information content (AvgIpc) is 2.67. The van der Waals surface area contributed by atoms with E-state index in [1.54, 1.807) is 0 Å². The predicted octanol–water partition coefficient (Wildman–Crippen LogP) is 5.11. The highest BCUT2D eigenvalue weighted by Gasteiger charge is 2.32. The van der Waals surface area contributed by atoms with E-state index in [0.717, 1.165) is 4.68 Å². The number of aryl methyl sites for hydroxylation is 1. The van der Waals surface area contributed by atoms with Crippen LogP contribution in [-0.4, -0.2) is 16.4 Å². The Labute approximate surface area is 131 Å². The van der Waals surface area contributed by atoms with E-state index in [2.05, 4.69) is 9.84 Å². The largest absolute Gasteiger partial charge is 0.416 e. The molecule has 0 amide bonds. The van der Waals surface area contributed by atoms with Gasteiger partial charge in [-0.1, -0.05) is 23.2 Å². The summed E-state index contributed by atoms with van der Waals surface area (Å²) in [7, 11) is 0. The van der Waals surface area contributed by atoms with E-state index < -0.39 is 24.2 Å². The Balaban J connectivity index is 2.52. The van der Waals surface area contributed by atoms with Crippen LogP contribution in [0.15, 0.2) is 18.2 Å². The second kappa shape index (κ2) is 5.92. The standard InChI is InChI=1S/C12H7Cl2F5N2O/c1-5-2-9(22-11(15)16)20-21(5)10-7(13)3-6(4-8(10)14)12(17,18)19/h2-4,11H,1H3. The fraction of sp³-hybridized carbons (Fsp3) is 0.250. The van der Waals surface area contributed by atoms with E-state index >= 15 is 0 Å². The summed E-state index contributed by atoms with van der Waals surface area (Å²) in [5, 5.41) is 3.05. The Morgan fingerprint density at radius 1 is 1.14 bits per heavy atom. The molecule has 3 nitrogen and oxygen atoms in total. The van der Waals surface area contributed by atoms with Gasteiger partial charge in [0.25, 0.3) is 0 Å². The highest BCUT2D eigenvalue weighted by atomic mass is 35.5. The van der Waals surface area contributed by atoms with Crippen LogP contribution in [0.1, 0.15) is 11.3 Å². The zero-order valence-electron chi connectivity index (χ0n) is 10.8. The van der Waals surface area contributed by atoms with Gasteiger partial charge in [0.2, 0.25) is 5.88 Å². The molecule has 22 heavy (non-hydrogen) atoms. The third-order valence-corrected chi connectivity index (χ3v) is 3.21. The van der Waals surface area contributed by atoms with Crippen molar-refractivity contribution in [2.24, 2.45) is 0 Å². The van der Waals surface area contributed by atoms with Crippen molar-refractivity contribution in [3.63, 3.8) is 0 Å². The molecule has 0 saturated heterocycles. The fourth-order valence-electron chi connectivity index (χ4n) is 1.75. The Morgan fingerprint density at radius 3 is 2.14 bits per heavy atom. The maximum atomic E-state index is 12.7. The lowest BCUT2D eigenvalue weighted by Crippen LogP contribution is -2.08. The maximum Gasteiger partial charge on any atom is 0.416 e. The van der Waals surface area contributed by atoms with Crippen molar-refractivity contribution in [3.05, 3.63) is 39.5 Å². The zero-order chi connectivity index (χ0) is 16.7. The normalized spacial score (nSPS) is 12.0. The molecule has 0 fully saturated rings. The minimum absolute atomic E-state index is 0.0575. The number of halogens is 7. The molecule has 0 N–H and O–H groups in total. The van der Waals surface area contributed by atoms with Crippen LogP contribution in [0.5, 0.6) is 5.88 Å². The minimum atomic E-state index is -4.62. The van der Waals surface area contributed by atoms with Crippen molar-refractivity contribution in [1.82, 2.24) is 9.78 Å². The lowest BCUT2D eigenvalue weighted by Gasteiger charge is -2.13. The summed E-state index contributed by atoms with van der Waals surface area (Å²) in [4.78, 5) is 0.